The van der Waals surface area contributed by atoms with E-state index < -0.39 is 0 Å². The lowest BCUT2D eigenvalue weighted by Gasteiger charge is -2.19. The number of rotatable bonds is 3. The number of aliphatic imine (C=N–C) groups is 1. The van der Waals surface area contributed by atoms with Crippen LogP contribution in [0.5, 0.6) is 0 Å². The van der Waals surface area contributed by atoms with Gasteiger partial charge in [-0.25, -0.2) is 4.99 Å². The molecule has 0 atom stereocenters. The van der Waals surface area contributed by atoms with E-state index in [2.05, 4.69) is 10.3 Å². The fourth-order valence-electron chi connectivity index (χ4n) is 1.63. The first-order chi connectivity index (χ1) is 8.22. The summed E-state index contributed by atoms with van der Waals surface area (Å²) in [6.45, 7) is 4.20. The summed E-state index contributed by atoms with van der Waals surface area (Å²) in [4.78, 5) is 5.28. The van der Waals surface area contributed by atoms with Crippen LogP contribution < -0.4 is 20.6 Å². The van der Waals surface area contributed by atoms with E-state index in [1.54, 1.807) is 4.79 Å². The molecule has 1 aliphatic rings. The minimum atomic E-state index is -0.343. The van der Waals surface area contributed by atoms with Crippen molar-refractivity contribution >= 4 is 11.8 Å². The number of hydrogen-bond acceptors (Lipinski definition) is 7. The smallest absolute Gasteiger partial charge is 0.328 e. The van der Waals surface area contributed by atoms with Gasteiger partial charge in [-0.05, 0) is 12.8 Å². The molecule has 8 heteroatoms. The predicted octanol–water partition coefficient (Wildman–Crippen LogP) is -2.20. The maximum Gasteiger partial charge on any atom is 0.328 e. The average molecular weight is 241 g/mol. The normalized spacial score (nSPS) is 17.5. The number of ether oxygens (including phenoxy) is 1. The van der Waals surface area contributed by atoms with Crippen molar-refractivity contribution in [2.45, 2.75) is 13.5 Å². The average Bonchev–Trinajstić information content (AvgIpc) is 2.72. The summed E-state index contributed by atoms with van der Waals surface area (Å²) in [5.74, 6) is -0.170. The van der Waals surface area contributed by atoms with Gasteiger partial charge >= 0.3 is 11.6 Å². The number of nitrogens with two attached hydrogens (primary N) is 1. The van der Waals surface area contributed by atoms with Gasteiger partial charge in [0.25, 0.3) is 0 Å². The third-order valence-electron chi connectivity index (χ3n) is 2.40. The van der Waals surface area contributed by atoms with Crippen LogP contribution >= 0.6 is 0 Å². The monoisotopic (exact) mass is 241 g/mol. The fraction of sp³-hybridized carbons (Fsp3) is 0.667. The summed E-state index contributed by atoms with van der Waals surface area (Å²) in [5, 5.41) is 16.7. The van der Waals surface area contributed by atoms with E-state index in [9.17, 15) is 5.11 Å². The van der Waals surface area contributed by atoms with Crippen LogP contribution in [0.4, 0.5) is 5.88 Å². The van der Waals surface area contributed by atoms with Gasteiger partial charge in [-0.15, -0.1) is 5.01 Å². The Morgan fingerprint density at radius 3 is 2.88 bits per heavy atom. The summed E-state index contributed by atoms with van der Waals surface area (Å²) in [7, 11) is 0. The number of hydrogen-bond donors (Lipinski definition) is 1. The van der Waals surface area contributed by atoms with Crippen LogP contribution in [0.15, 0.2) is 9.52 Å². The summed E-state index contributed by atoms with van der Waals surface area (Å²) in [6.07, 6.45) is 0. The van der Waals surface area contributed by atoms with Crippen molar-refractivity contribution in [3.05, 3.63) is 5.69 Å². The molecule has 0 unspecified atom stereocenters. The zero-order chi connectivity index (χ0) is 12.3. The fourth-order valence-corrected chi connectivity index (χ4v) is 1.63. The van der Waals surface area contributed by atoms with Crippen LogP contribution in [-0.4, -0.2) is 37.5 Å². The van der Waals surface area contributed by atoms with Crippen molar-refractivity contribution in [3.8, 4) is 0 Å². The lowest BCUT2D eigenvalue weighted by Crippen LogP contribution is -2.65. The highest BCUT2D eigenvalue weighted by Gasteiger charge is 2.30. The van der Waals surface area contributed by atoms with E-state index in [4.69, 9.17) is 15.0 Å². The van der Waals surface area contributed by atoms with E-state index >= 15 is 0 Å². The van der Waals surface area contributed by atoms with Gasteiger partial charge in [0, 0.05) is 0 Å². The molecule has 2 N–H and O–H groups in total. The molecule has 0 saturated carbocycles. The lowest BCUT2D eigenvalue weighted by molar-refractivity contribution is -0.765. The van der Waals surface area contributed by atoms with Crippen molar-refractivity contribution in [2.24, 2.45) is 10.7 Å². The second-order valence-corrected chi connectivity index (χ2v) is 3.62. The Morgan fingerprint density at radius 1 is 1.59 bits per heavy atom. The molecular weight excluding hydrogens is 226 g/mol. The molecule has 1 aromatic heterocycles. The Kier molecular flexibility index (Phi) is 3.55. The Labute approximate surface area is 98.2 Å². The molecule has 0 bridgehead atoms. The first kappa shape index (κ1) is 11.8. The Hall–Kier alpha value is -1.67. The van der Waals surface area contributed by atoms with E-state index in [-0.39, 0.29) is 18.3 Å². The van der Waals surface area contributed by atoms with Crippen LogP contribution in [-0.2, 0) is 11.3 Å². The Morgan fingerprint density at radius 2 is 2.29 bits per heavy atom. The highest BCUT2D eigenvalue weighted by atomic mass is 16.5. The van der Waals surface area contributed by atoms with Crippen molar-refractivity contribution < 1.29 is 19.2 Å². The van der Waals surface area contributed by atoms with Gasteiger partial charge in [-0.3, -0.25) is 4.52 Å². The lowest BCUT2D eigenvalue weighted by atomic mass is 10.4. The molecule has 8 nitrogen and oxygen atoms in total. The third-order valence-corrected chi connectivity index (χ3v) is 2.40. The third kappa shape index (κ3) is 2.53. The van der Waals surface area contributed by atoms with Crippen molar-refractivity contribution in [3.63, 3.8) is 0 Å². The van der Waals surface area contributed by atoms with Gasteiger partial charge in [0.2, 0.25) is 5.27 Å². The van der Waals surface area contributed by atoms with Crippen LogP contribution in [0.25, 0.3) is 0 Å². The molecule has 1 saturated heterocycles. The molecular formula is C9H15N5O3. The second kappa shape index (κ2) is 5.11. The molecule has 0 spiro atoms. The first-order valence-corrected chi connectivity index (χ1v) is 5.38. The molecule has 2 rings (SSSR count). The van der Waals surface area contributed by atoms with Crippen LogP contribution in [0.2, 0.25) is 0 Å². The van der Waals surface area contributed by atoms with Gasteiger partial charge in [0.1, 0.15) is 0 Å². The molecule has 1 aliphatic heterocycles. The van der Waals surface area contributed by atoms with Gasteiger partial charge in [-0.2, -0.15) is 0 Å². The zero-order valence-corrected chi connectivity index (χ0v) is 9.63. The number of morpholine rings is 1. The maximum absolute atomic E-state index is 10.9. The van der Waals surface area contributed by atoms with Gasteiger partial charge in [0.15, 0.2) is 0 Å². The summed E-state index contributed by atoms with van der Waals surface area (Å²) in [5.41, 5.74) is 6.21. The predicted molar refractivity (Wildman–Crippen MR) is 56.1 cm³/mol. The SMILES string of the molecule is C/C([O-])=N/c1on[n+](N2CCOCC2)c1CN. The Bertz CT molecular complexity index is 407. The molecule has 2 heterocycles. The van der Waals surface area contributed by atoms with Gasteiger partial charge in [0.05, 0.1) is 37.6 Å². The number of nitrogens with zero attached hydrogens (tertiary/aromatic N) is 4. The molecule has 0 aromatic carbocycles. The summed E-state index contributed by atoms with van der Waals surface area (Å²) in [6, 6.07) is 0. The molecule has 1 aromatic rings. The minimum Gasteiger partial charge on any atom is -0.862 e. The van der Waals surface area contributed by atoms with E-state index in [0.717, 1.165) is 0 Å². The summed E-state index contributed by atoms with van der Waals surface area (Å²) < 4.78 is 10.3. The molecule has 1 fully saturated rings. The second-order valence-electron chi connectivity index (χ2n) is 3.62. The molecule has 0 amide bonds. The van der Waals surface area contributed by atoms with Crippen LogP contribution in [0.1, 0.15) is 12.6 Å². The van der Waals surface area contributed by atoms with Crippen LogP contribution in [0.3, 0.4) is 0 Å². The Balaban J connectivity index is 2.27. The number of aromatic nitrogens is 2. The molecule has 94 valence electrons. The quantitative estimate of drug-likeness (QED) is 0.366. The van der Waals surface area contributed by atoms with Gasteiger partial charge < -0.3 is 15.6 Å². The highest BCUT2D eigenvalue weighted by Crippen LogP contribution is 2.13. The van der Waals surface area contributed by atoms with Crippen LogP contribution in [0, 0.1) is 0 Å². The molecule has 17 heavy (non-hydrogen) atoms. The largest absolute Gasteiger partial charge is 0.862 e. The van der Waals surface area contributed by atoms with Crippen molar-refractivity contribution in [2.75, 3.05) is 31.3 Å². The topological polar surface area (TPSA) is 104 Å². The van der Waals surface area contributed by atoms with E-state index in [1.165, 1.54) is 6.92 Å². The van der Waals surface area contributed by atoms with Gasteiger partial charge in [-0.1, -0.05) is 0 Å². The van der Waals surface area contributed by atoms with E-state index in [1.807, 2.05) is 5.01 Å². The highest BCUT2D eigenvalue weighted by molar-refractivity contribution is 5.71. The first-order valence-electron chi connectivity index (χ1n) is 5.38. The maximum atomic E-state index is 10.9. The van der Waals surface area contributed by atoms with E-state index in [0.29, 0.717) is 32.0 Å². The standard InChI is InChI=1S/C9H15N5O3/c1-7(15)11-9-8(6-10)14(12-17-9)13-2-4-16-5-3-13/h2-6,10H2,1H3. The molecule has 0 aliphatic carbocycles. The summed E-state index contributed by atoms with van der Waals surface area (Å²) >= 11 is 0. The van der Waals surface area contributed by atoms with Crippen molar-refractivity contribution in [1.29, 1.82) is 0 Å². The van der Waals surface area contributed by atoms with Crippen molar-refractivity contribution in [1.82, 2.24) is 5.27 Å². The minimum absolute atomic E-state index is 0.173. The zero-order valence-electron chi connectivity index (χ0n) is 9.63. The molecule has 0 radical (unpaired) electrons.